The molecule has 48 heavy (non-hydrogen) atoms. The van der Waals surface area contributed by atoms with Gasteiger partial charge < -0.3 is 55.3 Å². The van der Waals surface area contributed by atoms with Gasteiger partial charge in [-0.3, -0.25) is 9.69 Å². The van der Waals surface area contributed by atoms with E-state index in [0.717, 1.165) is 10.6 Å². The van der Waals surface area contributed by atoms with Gasteiger partial charge in [0.15, 0.2) is 11.5 Å². The number of phenolic OH excluding ortho intramolecular Hbond substituents is 2. The number of carbonyl (C=O) groups is 2. The average Bonchev–Trinajstić information content (AvgIpc) is 3.71. The molecule has 3 aromatic rings. The third-order valence-corrected chi connectivity index (χ3v) is 9.40. The number of rotatable bonds is 9. The number of imidazole rings is 1. The van der Waals surface area contributed by atoms with Crippen LogP contribution in [0.4, 0.5) is 5.69 Å². The van der Waals surface area contributed by atoms with Gasteiger partial charge in [-0.15, -0.1) is 0 Å². The predicted octanol–water partition coefficient (Wildman–Crippen LogP) is 0.105. The first-order valence-electron chi connectivity index (χ1n) is 15.5. The summed E-state index contributed by atoms with van der Waals surface area (Å²) in [5, 5.41) is 83.2. The van der Waals surface area contributed by atoms with Crippen molar-refractivity contribution < 1.29 is 59.9 Å². The molecule has 1 spiro atoms. The maximum Gasteiger partial charge on any atom is 0.330 e. The number of hydrogen-bond donors (Lipinski definition) is 9. The topological polar surface area (TPSA) is 246 Å². The van der Waals surface area contributed by atoms with Gasteiger partial charge >= 0.3 is 5.97 Å². The molecule has 0 bridgehead atoms. The number of hydrogen-bond acceptors (Lipinski definition) is 12. The summed E-state index contributed by atoms with van der Waals surface area (Å²) in [6.07, 6.45) is -0.737. The van der Waals surface area contributed by atoms with E-state index in [9.17, 15) is 50.4 Å². The molecular weight excluding hydrogens is 630 g/mol. The number of carboxylic acid groups (broad SMARTS) is 1. The van der Waals surface area contributed by atoms with Gasteiger partial charge in [-0.05, 0) is 54.7 Å². The second-order valence-corrected chi connectivity index (χ2v) is 12.4. The molecule has 6 atom stereocenters. The SMILES string of the molecule is O=C(C=Cc1ccc(O)c(Cc2cnc[nH]2)c1)N1c2c(cc(O)c3c2CCC2(O3)OC(CO)C(O)C(O)C2O)CC1(CCCO)C(=O)O. The molecule has 3 aliphatic heterocycles. The first kappa shape index (κ1) is 33.4. The number of aromatic hydroxyl groups is 2. The van der Waals surface area contributed by atoms with Crippen LogP contribution in [0.1, 0.15) is 47.2 Å². The summed E-state index contributed by atoms with van der Waals surface area (Å²) < 4.78 is 11.8. The summed E-state index contributed by atoms with van der Waals surface area (Å²) in [7, 11) is 0. The van der Waals surface area contributed by atoms with Crippen LogP contribution < -0.4 is 9.64 Å². The Hall–Kier alpha value is -4.51. The third kappa shape index (κ3) is 5.57. The van der Waals surface area contributed by atoms with E-state index in [1.54, 1.807) is 18.3 Å². The number of H-pyrrole nitrogens is 1. The molecule has 1 fully saturated rings. The van der Waals surface area contributed by atoms with Crippen molar-refractivity contribution in [2.24, 2.45) is 0 Å². The maximum atomic E-state index is 14.1. The van der Waals surface area contributed by atoms with Gasteiger partial charge in [0.1, 0.15) is 35.7 Å². The molecule has 256 valence electrons. The Bertz CT molecular complexity index is 1730. The first-order valence-corrected chi connectivity index (χ1v) is 15.5. The number of anilines is 1. The average molecular weight is 668 g/mol. The third-order valence-electron chi connectivity index (χ3n) is 9.40. The first-order chi connectivity index (χ1) is 22.9. The molecule has 15 nitrogen and oxygen atoms in total. The Balaban J connectivity index is 1.39. The highest BCUT2D eigenvalue weighted by Crippen LogP contribution is 2.54. The Kier molecular flexibility index (Phi) is 8.93. The van der Waals surface area contributed by atoms with E-state index in [4.69, 9.17) is 9.47 Å². The van der Waals surface area contributed by atoms with Crippen molar-refractivity contribution >= 4 is 23.6 Å². The number of aromatic amines is 1. The number of carboxylic acids is 1. The highest BCUT2D eigenvalue weighted by atomic mass is 16.7. The van der Waals surface area contributed by atoms with Crippen LogP contribution in [-0.2, 0) is 33.6 Å². The fourth-order valence-corrected chi connectivity index (χ4v) is 6.99. The molecule has 1 amide bonds. The van der Waals surface area contributed by atoms with Crippen LogP contribution in [0.25, 0.3) is 6.08 Å². The van der Waals surface area contributed by atoms with Crippen LogP contribution in [0, 0.1) is 0 Å². The standard InChI is InChI=1S/C33H37N3O12/c37-9-1-7-32(31(45)46)13-19-12-23(40)29-21(6-8-33(48-29)30(44)28(43)27(42)24(15-38)47-33)26(19)36(32)25(41)5-3-17-2-4-22(39)18(10-17)11-20-14-34-16-35-20/h2-5,10,12,14,16,24,27-28,30,37-40,42-44H,1,6-9,11,13,15H2,(H,34,35)(H,45,46). The number of fused-ring (bicyclic) bond motifs is 3. The summed E-state index contributed by atoms with van der Waals surface area (Å²) in [6, 6.07) is 6.03. The van der Waals surface area contributed by atoms with E-state index in [-0.39, 0.29) is 61.5 Å². The molecule has 6 unspecified atom stereocenters. The molecule has 3 aliphatic rings. The lowest BCUT2D eigenvalue weighted by atomic mass is 9.86. The van der Waals surface area contributed by atoms with Crippen molar-refractivity contribution in [1.82, 2.24) is 9.97 Å². The van der Waals surface area contributed by atoms with E-state index < -0.39 is 60.0 Å². The van der Waals surface area contributed by atoms with E-state index in [1.807, 2.05) is 0 Å². The number of carbonyl (C=O) groups excluding carboxylic acids is 1. The number of nitrogens with one attached hydrogen (secondary N) is 1. The fraction of sp³-hybridized carbons (Fsp3) is 0.424. The summed E-state index contributed by atoms with van der Waals surface area (Å²) in [4.78, 5) is 35.3. The van der Waals surface area contributed by atoms with Crippen LogP contribution in [0.15, 0.2) is 42.9 Å². The highest BCUT2D eigenvalue weighted by molar-refractivity contribution is 6.11. The zero-order chi connectivity index (χ0) is 34.4. The number of phenols is 2. The number of aliphatic hydroxyl groups is 5. The van der Waals surface area contributed by atoms with Crippen LogP contribution in [0.5, 0.6) is 17.2 Å². The Morgan fingerprint density at radius 2 is 1.90 bits per heavy atom. The smallest absolute Gasteiger partial charge is 0.330 e. The minimum atomic E-state index is -1.98. The van der Waals surface area contributed by atoms with Gasteiger partial charge in [0.25, 0.3) is 5.91 Å². The van der Waals surface area contributed by atoms with Gasteiger partial charge in [-0.1, -0.05) is 6.07 Å². The molecule has 0 aliphatic carbocycles. The molecular formula is C33H37N3O12. The monoisotopic (exact) mass is 667 g/mol. The maximum absolute atomic E-state index is 14.1. The molecule has 9 N–H and O–H groups in total. The lowest BCUT2D eigenvalue weighted by Gasteiger charge is -2.50. The van der Waals surface area contributed by atoms with Crippen LogP contribution in [0.2, 0.25) is 0 Å². The van der Waals surface area contributed by atoms with E-state index in [2.05, 4.69) is 9.97 Å². The van der Waals surface area contributed by atoms with E-state index in [0.29, 0.717) is 23.1 Å². The Labute approximate surface area is 274 Å². The second-order valence-electron chi connectivity index (χ2n) is 12.4. The quantitative estimate of drug-likeness (QED) is 0.138. The van der Waals surface area contributed by atoms with Crippen molar-refractivity contribution in [1.29, 1.82) is 0 Å². The number of aliphatic carboxylic acids is 1. The molecule has 1 aromatic heterocycles. The molecule has 4 heterocycles. The Morgan fingerprint density at radius 3 is 2.58 bits per heavy atom. The summed E-state index contributed by atoms with van der Waals surface area (Å²) >= 11 is 0. The van der Waals surface area contributed by atoms with Crippen molar-refractivity contribution in [3.05, 3.63) is 70.8 Å². The Morgan fingerprint density at radius 1 is 1.10 bits per heavy atom. The number of aliphatic hydroxyl groups excluding tert-OH is 5. The van der Waals surface area contributed by atoms with Crippen molar-refractivity contribution in [3.8, 4) is 17.2 Å². The summed E-state index contributed by atoms with van der Waals surface area (Å²) in [5.74, 6) is -4.62. The van der Waals surface area contributed by atoms with Gasteiger partial charge in [0.05, 0.1) is 18.6 Å². The molecule has 0 saturated carbocycles. The molecule has 15 heteroatoms. The zero-order valence-corrected chi connectivity index (χ0v) is 25.7. The lowest BCUT2D eigenvalue weighted by Crippen LogP contribution is -2.68. The minimum absolute atomic E-state index is 0.0256. The van der Waals surface area contributed by atoms with Gasteiger partial charge in [-0.2, -0.15) is 0 Å². The predicted molar refractivity (Wildman–Crippen MR) is 166 cm³/mol. The fourth-order valence-electron chi connectivity index (χ4n) is 6.99. The number of nitrogens with zero attached hydrogens (tertiary/aromatic N) is 2. The number of amides is 1. The zero-order valence-electron chi connectivity index (χ0n) is 25.7. The van der Waals surface area contributed by atoms with Crippen molar-refractivity contribution in [2.75, 3.05) is 18.1 Å². The van der Waals surface area contributed by atoms with Crippen molar-refractivity contribution in [2.45, 2.75) is 74.3 Å². The minimum Gasteiger partial charge on any atom is -0.508 e. The molecule has 1 saturated heterocycles. The highest BCUT2D eigenvalue weighted by Gasteiger charge is 2.59. The number of aromatic nitrogens is 2. The largest absolute Gasteiger partial charge is 0.508 e. The number of ether oxygens (including phenoxy) is 2. The molecule has 0 radical (unpaired) electrons. The van der Waals surface area contributed by atoms with Gasteiger partial charge in [0.2, 0.25) is 5.79 Å². The lowest BCUT2D eigenvalue weighted by molar-refractivity contribution is -0.342. The summed E-state index contributed by atoms with van der Waals surface area (Å²) in [5.41, 5.74) is 0.808. The number of benzene rings is 2. The normalized spacial score (nSPS) is 28.0. The second kappa shape index (κ2) is 12.8. The van der Waals surface area contributed by atoms with E-state index >= 15 is 0 Å². The van der Waals surface area contributed by atoms with Crippen LogP contribution >= 0.6 is 0 Å². The van der Waals surface area contributed by atoms with E-state index in [1.165, 1.54) is 30.6 Å². The molecule has 2 aromatic carbocycles. The molecule has 6 rings (SSSR count). The van der Waals surface area contributed by atoms with Crippen molar-refractivity contribution in [3.63, 3.8) is 0 Å². The summed E-state index contributed by atoms with van der Waals surface area (Å²) in [6.45, 7) is -1.04. The van der Waals surface area contributed by atoms with Gasteiger partial charge in [-0.25, -0.2) is 9.78 Å². The van der Waals surface area contributed by atoms with Gasteiger partial charge in [0, 0.05) is 55.0 Å². The van der Waals surface area contributed by atoms with Crippen LogP contribution in [-0.4, -0.2) is 112 Å². The van der Waals surface area contributed by atoms with Crippen LogP contribution in [0.3, 0.4) is 0 Å².